The maximum atomic E-state index is 13.6. The summed E-state index contributed by atoms with van der Waals surface area (Å²) in [5.41, 5.74) is 2.22. The van der Waals surface area contributed by atoms with E-state index in [0.717, 1.165) is 5.56 Å². The molecule has 3 aromatic carbocycles. The van der Waals surface area contributed by atoms with Gasteiger partial charge in [-0.05, 0) is 60.7 Å². The van der Waals surface area contributed by atoms with Gasteiger partial charge in [-0.1, -0.05) is 56.6 Å². The van der Waals surface area contributed by atoms with Crippen molar-refractivity contribution in [1.82, 2.24) is 0 Å². The van der Waals surface area contributed by atoms with Gasteiger partial charge in [-0.3, -0.25) is 14.5 Å². The van der Waals surface area contributed by atoms with Crippen LogP contribution < -0.4 is 19.1 Å². The summed E-state index contributed by atoms with van der Waals surface area (Å²) in [6, 6.07) is 16.7. The number of Topliss-reactive ketones (excluding diaryl/α,β-unsaturated/α-hetero) is 1. The number of methoxy groups -OCH3 is 2. The summed E-state index contributed by atoms with van der Waals surface area (Å²) in [5, 5.41) is 11.8. The summed E-state index contributed by atoms with van der Waals surface area (Å²) >= 11 is 6.37. The van der Waals surface area contributed by atoms with Gasteiger partial charge in [0.25, 0.3) is 11.7 Å². The molecule has 0 spiro atoms. The Morgan fingerprint density at radius 3 is 2.05 bits per heavy atom. The fraction of sp³-hybridized carbons (Fsp3) is 0.312. The average molecular weight is 564 g/mol. The van der Waals surface area contributed by atoms with E-state index < -0.39 is 23.5 Å². The van der Waals surface area contributed by atoms with Crippen molar-refractivity contribution in [2.45, 2.75) is 52.2 Å². The first-order chi connectivity index (χ1) is 18.9. The summed E-state index contributed by atoms with van der Waals surface area (Å²) in [7, 11) is 2.89. The zero-order valence-corrected chi connectivity index (χ0v) is 24.5. The molecule has 1 heterocycles. The Labute approximate surface area is 239 Å². The van der Waals surface area contributed by atoms with Gasteiger partial charge in [0.2, 0.25) is 0 Å². The minimum Gasteiger partial charge on any atom is -0.507 e. The van der Waals surface area contributed by atoms with E-state index in [1.165, 1.54) is 31.3 Å². The first kappa shape index (κ1) is 29.0. The number of amides is 1. The molecule has 1 aliphatic heterocycles. The molecule has 7 nitrogen and oxygen atoms in total. The van der Waals surface area contributed by atoms with Crippen LogP contribution in [0.25, 0.3) is 5.76 Å². The molecule has 8 heteroatoms. The maximum Gasteiger partial charge on any atom is 0.300 e. The van der Waals surface area contributed by atoms with Gasteiger partial charge in [-0.15, -0.1) is 0 Å². The van der Waals surface area contributed by atoms with E-state index in [9.17, 15) is 14.7 Å². The maximum absolute atomic E-state index is 13.6. The number of rotatable bonds is 7. The van der Waals surface area contributed by atoms with Gasteiger partial charge < -0.3 is 19.3 Å². The zero-order chi connectivity index (χ0) is 29.4. The molecule has 40 heavy (non-hydrogen) atoms. The van der Waals surface area contributed by atoms with Gasteiger partial charge in [0, 0.05) is 11.8 Å². The molecule has 0 bridgehead atoms. The second-order valence-electron chi connectivity index (χ2n) is 10.9. The number of aliphatic hydroxyl groups is 1. The van der Waals surface area contributed by atoms with Crippen LogP contribution in [-0.4, -0.2) is 37.1 Å². The molecule has 4 rings (SSSR count). The molecule has 0 aromatic heterocycles. The number of hydrogen-bond acceptors (Lipinski definition) is 6. The molecule has 1 atom stereocenters. The Kier molecular flexibility index (Phi) is 8.17. The third kappa shape index (κ3) is 5.52. The predicted octanol–water partition coefficient (Wildman–Crippen LogP) is 7.07. The molecule has 1 unspecified atom stereocenters. The number of hydrogen-bond donors (Lipinski definition) is 1. The van der Waals surface area contributed by atoms with Crippen molar-refractivity contribution >= 4 is 34.7 Å². The zero-order valence-electron chi connectivity index (χ0n) is 23.7. The van der Waals surface area contributed by atoms with E-state index in [1.807, 2.05) is 38.1 Å². The number of aliphatic hydroxyl groups excluding tert-OH is 1. The molecule has 0 radical (unpaired) electrons. The normalized spacial score (nSPS) is 16.9. The average Bonchev–Trinajstić information content (AvgIpc) is 3.17. The molecule has 0 aliphatic carbocycles. The van der Waals surface area contributed by atoms with Gasteiger partial charge in [0.15, 0.2) is 0 Å². The van der Waals surface area contributed by atoms with Crippen molar-refractivity contribution in [1.29, 1.82) is 0 Å². The van der Waals surface area contributed by atoms with Crippen molar-refractivity contribution in [3.63, 3.8) is 0 Å². The Morgan fingerprint density at radius 1 is 0.925 bits per heavy atom. The molecule has 0 saturated carbocycles. The molecule has 210 valence electrons. The second-order valence-corrected chi connectivity index (χ2v) is 11.3. The van der Waals surface area contributed by atoms with Gasteiger partial charge in [-0.25, -0.2) is 0 Å². The van der Waals surface area contributed by atoms with Crippen LogP contribution >= 0.6 is 11.6 Å². The minimum atomic E-state index is -0.917. The van der Waals surface area contributed by atoms with Crippen LogP contribution in [0.2, 0.25) is 5.02 Å². The van der Waals surface area contributed by atoms with Crippen molar-refractivity contribution in [2.75, 3.05) is 19.1 Å². The lowest BCUT2D eigenvalue weighted by molar-refractivity contribution is -0.132. The highest BCUT2D eigenvalue weighted by Crippen LogP contribution is 2.45. The van der Waals surface area contributed by atoms with Gasteiger partial charge in [0.05, 0.1) is 42.5 Å². The summed E-state index contributed by atoms with van der Waals surface area (Å²) < 4.78 is 16.5. The predicted molar refractivity (Wildman–Crippen MR) is 157 cm³/mol. The first-order valence-corrected chi connectivity index (χ1v) is 13.3. The SMILES string of the molecule is COc1cc(OC)c(/C(O)=C2\C(=O)C(=O)N(c3ccc(C(C)(C)C)cc3)C2c2ccc(OC(C)C)cc2)cc1Cl. The Bertz CT molecular complexity index is 1450. The van der Waals surface area contributed by atoms with E-state index in [1.54, 1.807) is 24.3 Å². The van der Waals surface area contributed by atoms with Crippen LogP contribution in [-0.2, 0) is 15.0 Å². The van der Waals surface area contributed by atoms with E-state index >= 15 is 0 Å². The number of anilines is 1. The van der Waals surface area contributed by atoms with Crippen molar-refractivity contribution in [2.24, 2.45) is 0 Å². The smallest absolute Gasteiger partial charge is 0.300 e. The quantitative estimate of drug-likeness (QED) is 0.188. The number of benzene rings is 3. The third-order valence-corrected chi connectivity index (χ3v) is 7.05. The van der Waals surface area contributed by atoms with Crippen molar-refractivity contribution in [3.8, 4) is 17.2 Å². The number of carbonyl (C=O) groups is 2. The second kappa shape index (κ2) is 11.3. The summed E-state index contributed by atoms with van der Waals surface area (Å²) in [6.07, 6.45) is -0.0231. The molecule has 1 N–H and O–H groups in total. The summed E-state index contributed by atoms with van der Waals surface area (Å²) in [5.74, 6) is -0.754. The summed E-state index contributed by atoms with van der Waals surface area (Å²) in [6.45, 7) is 10.2. The highest BCUT2D eigenvalue weighted by Gasteiger charge is 2.47. The van der Waals surface area contributed by atoms with Crippen LogP contribution in [0.15, 0.2) is 66.2 Å². The van der Waals surface area contributed by atoms with Crippen LogP contribution in [0.1, 0.15) is 57.4 Å². The monoisotopic (exact) mass is 563 g/mol. The number of carbonyl (C=O) groups excluding carboxylic acids is 2. The van der Waals surface area contributed by atoms with Gasteiger partial charge in [0.1, 0.15) is 23.0 Å². The molecule has 1 amide bonds. The van der Waals surface area contributed by atoms with Crippen LogP contribution in [0.5, 0.6) is 17.2 Å². The standard InChI is InChI=1S/C32H34ClNO6/c1-18(2)40-22-14-8-19(9-15-22)28-27(29(35)23-16-24(33)26(39-7)17-25(23)38-6)30(36)31(37)34(28)21-12-10-20(11-13-21)32(3,4)5/h8-18,28,35H,1-7H3/b29-27+. The third-order valence-electron chi connectivity index (χ3n) is 6.75. The Hall–Kier alpha value is -3.97. The fourth-order valence-electron chi connectivity index (χ4n) is 4.73. The topological polar surface area (TPSA) is 85.3 Å². The number of nitrogens with zero attached hydrogens (tertiary/aromatic N) is 1. The molecule has 1 fully saturated rings. The van der Waals surface area contributed by atoms with Gasteiger partial charge in [-0.2, -0.15) is 0 Å². The molecular weight excluding hydrogens is 530 g/mol. The number of ketones is 1. The van der Waals surface area contributed by atoms with Crippen LogP contribution in [0, 0.1) is 0 Å². The highest BCUT2D eigenvalue weighted by molar-refractivity contribution is 6.51. The highest BCUT2D eigenvalue weighted by atomic mass is 35.5. The lowest BCUT2D eigenvalue weighted by atomic mass is 9.87. The Morgan fingerprint density at radius 2 is 1.52 bits per heavy atom. The lowest BCUT2D eigenvalue weighted by Gasteiger charge is -2.27. The van der Waals surface area contributed by atoms with E-state index in [4.69, 9.17) is 25.8 Å². The van der Waals surface area contributed by atoms with Crippen molar-refractivity contribution in [3.05, 3.63) is 87.9 Å². The fourth-order valence-corrected chi connectivity index (χ4v) is 4.97. The van der Waals surface area contributed by atoms with E-state index in [2.05, 4.69) is 20.8 Å². The van der Waals surface area contributed by atoms with E-state index in [0.29, 0.717) is 22.7 Å². The summed E-state index contributed by atoms with van der Waals surface area (Å²) in [4.78, 5) is 28.6. The molecule has 1 aliphatic rings. The molecule has 1 saturated heterocycles. The van der Waals surface area contributed by atoms with Crippen LogP contribution in [0.4, 0.5) is 5.69 Å². The number of ether oxygens (including phenoxy) is 3. The minimum absolute atomic E-state index is 0.0231. The largest absolute Gasteiger partial charge is 0.507 e. The lowest BCUT2D eigenvalue weighted by Crippen LogP contribution is -2.29. The van der Waals surface area contributed by atoms with E-state index in [-0.39, 0.29) is 33.4 Å². The van der Waals surface area contributed by atoms with Crippen molar-refractivity contribution < 1.29 is 28.9 Å². The Balaban J connectivity index is 1.93. The number of halogens is 1. The molecular formula is C32H34ClNO6. The van der Waals surface area contributed by atoms with Crippen LogP contribution in [0.3, 0.4) is 0 Å². The molecule has 3 aromatic rings. The van der Waals surface area contributed by atoms with Gasteiger partial charge >= 0.3 is 0 Å². The first-order valence-electron chi connectivity index (χ1n) is 13.0.